The number of aromatic amines is 1. The fourth-order valence-electron chi connectivity index (χ4n) is 3.98. The van der Waals surface area contributed by atoms with Gasteiger partial charge in [0.2, 0.25) is 5.91 Å². The number of aromatic nitrogens is 4. The van der Waals surface area contributed by atoms with Crippen LogP contribution in [0.2, 0.25) is 0 Å². The molecule has 3 heterocycles. The molecule has 2 aliphatic rings. The molecule has 1 saturated heterocycles. The summed E-state index contributed by atoms with van der Waals surface area (Å²) in [6.07, 6.45) is 5.16. The number of likely N-dealkylation sites (tertiary alicyclic amines) is 1. The van der Waals surface area contributed by atoms with Crippen LogP contribution in [0.3, 0.4) is 0 Å². The van der Waals surface area contributed by atoms with Crippen LogP contribution in [0, 0.1) is 5.92 Å². The van der Waals surface area contributed by atoms with Crippen molar-refractivity contribution < 1.29 is 9.21 Å². The SMILES string of the molecule is O=C(Cn1c(=O)oc2ccccc21)N1CCC(Cc2nc(C3CC3)n[nH]2)CC1. The first-order valence-electron chi connectivity index (χ1n) is 9.94. The smallest absolute Gasteiger partial charge is 0.408 e. The molecule has 2 fully saturated rings. The highest BCUT2D eigenvalue weighted by molar-refractivity contribution is 5.79. The van der Waals surface area contributed by atoms with Crippen LogP contribution < -0.4 is 5.76 Å². The van der Waals surface area contributed by atoms with E-state index in [1.54, 1.807) is 12.1 Å². The van der Waals surface area contributed by atoms with Crippen molar-refractivity contribution in [3.05, 3.63) is 46.5 Å². The fourth-order valence-corrected chi connectivity index (χ4v) is 3.98. The average Bonchev–Trinajstić information content (AvgIpc) is 3.38. The van der Waals surface area contributed by atoms with Crippen molar-refractivity contribution in [2.75, 3.05) is 13.1 Å². The van der Waals surface area contributed by atoms with Gasteiger partial charge in [-0.25, -0.2) is 9.78 Å². The van der Waals surface area contributed by atoms with Gasteiger partial charge in [0.15, 0.2) is 11.4 Å². The van der Waals surface area contributed by atoms with Crippen molar-refractivity contribution in [1.29, 1.82) is 0 Å². The number of oxazole rings is 1. The number of fused-ring (bicyclic) bond motifs is 1. The quantitative estimate of drug-likeness (QED) is 0.730. The van der Waals surface area contributed by atoms with Crippen LogP contribution in [0.4, 0.5) is 0 Å². The largest absolute Gasteiger partial charge is 0.420 e. The number of para-hydroxylation sites is 2. The van der Waals surface area contributed by atoms with Crippen LogP contribution >= 0.6 is 0 Å². The third-order valence-electron chi connectivity index (χ3n) is 5.81. The van der Waals surface area contributed by atoms with Crippen molar-refractivity contribution in [3.63, 3.8) is 0 Å². The van der Waals surface area contributed by atoms with E-state index in [0.29, 0.717) is 36.0 Å². The highest BCUT2D eigenvalue weighted by Crippen LogP contribution is 2.37. The van der Waals surface area contributed by atoms with E-state index in [9.17, 15) is 9.59 Å². The second-order valence-corrected chi connectivity index (χ2v) is 7.86. The van der Waals surface area contributed by atoms with Gasteiger partial charge in [-0.1, -0.05) is 12.1 Å². The number of carbonyl (C=O) groups excluding carboxylic acids is 1. The van der Waals surface area contributed by atoms with Crippen molar-refractivity contribution in [3.8, 4) is 0 Å². The zero-order valence-corrected chi connectivity index (χ0v) is 15.6. The van der Waals surface area contributed by atoms with Crippen molar-refractivity contribution in [2.45, 2.75) is 44.6 Å². The number of hydrogen-bond donors (Lipinski definition) is 1. The summed E-state index contributed by atoms with van der Waals surface area (Å²) in [5.74, 6) is 2.46. The first-order valence-corrected chi connectivity index (χ1v) is 9.94. The summed E-state index contributed by atoms with van der Waals surface area (Å²) in [5, 5.41) is 7.39. The number of H-pyrrole nitrogens is 1. The molecule has 0 unspecified atom stereocenters. The van der Waals surface area contributed by atoms with Crippen molar-refractivity contribution >= 4 is 17.0 Å². The van der Waals surface area contributed by atoms with E-state index in [4.69, 9.17) is 4.42 Å². The Bertz CT molecular complexity index is 1050. The summed E-state index contributed by atoms with van der Waals surface area (Å²) in [4.78, 5) is 31.2. The zero-order valence-electron chi connectivity index (χ0n) is 15.6. The highest BCUT2D eigenvalue weighted by Gasteiger charge is 2.29. The van der Waals surface area contributed by atoms with E-state index < -0.39 is 5.76 Å². The predicted octanol–water partition coefficient (Wildman–Crippen LogP) is 2.07. The van der Waals surface area contributed by atoms with Gasteiger partial charge >= 0.3 is 5.76 Å². The lowest BCUT2D eigenvalue weighted by atomic mass is 9.93. The second-order valence-electron chi connectivity index (χ2n) is 7.86. The third kappa shape index (κ3) is 3.34. The number of hydrogen-bond acceptors (Lipinski definition) is 5. The topological polar surface area (TPSA) is 97.0 Å². The first kappa shape index (κ1) is 17.2. The zero-order chi connectivity index (χ0) is 19.1. The minimum Gasteiger partial charge on any atom is -0.408 e. The molecule has 1 amide bonds. The summed E-state index contributed by atoms with van der Waals surface area (Å²) < 4.78 is 6.63. The number of carbonyl (C=O) groups is 1. The van der Waals surface area contributed by atoms with Gasteiger partial charge < -0.3 is 9.32 Å². The fraction of sp³-hybridized carbons (Fsp3) is 0.500. The highest BCUT2D eigenvalue weighted by atomic mass is 16.4. The summed E-state index contributed by atoms with van der Waals surface area (Å²) in [7, 11) is 0. The molecule has 2 aromatic heterocycles. The van der Waals surface area contributed by atoms with E-state index in [1.807, 2.05) is 17.0 Å². The molecule has 0 radical (unpaired) electrons. The van der Waals surface area contributed by atoms with E-state index in [0.717, 1.165) is 30.9 Å². The van der Waals surface area contributed by atoms with Crippen LogP contribution in [-0.4, -0.2) is 43.6 Å². The number of piperidine rings is 1. The molecule has 1 aromatic carbocycles. The molecule has 1 aliphatic heterocycles. The van der Waals surface area contributed by atoms with Crippen LogP contribution in [0.15, 0.2) is 33.5 Å². The Morgan fingerprint density at radius 2 is 1.96 bits per heavy atom. The molecule has 3 aromatic rings. The van der Waals surface area contributed by atoms with Gasteiger partial charge in [-0.15, -0.1) is 0 Å². The molecule has 0 bridgehead atoms. The molecule has 8 nitrogen and oxygen atoms in total. The van der Waals surface area contributed by atoms with Gasteiger partial charge in [-0.3, -0.25) is 14.5 Å². The first-order chi connectivity index (χ1) is 13.7. The Morgan fingerprint density at radius 1 is 1.18 bits per heavy atom. The van der Waals surface area contributed by atoms with E-state index in [-0.39, 0.29) is 12.5 Å². The number of rotatable bonds is 5. The number of nitrogens with zero attached hydrogens (tertiary/aromatic N) is 4. The average molecular weight is 381 g/mol. The van der Waals surface area contributed by atoms with Crippen LogP contribution in [0.5, 0.6) is 0 Å². The predicted molar refractivity (Wildman–Crippen MR) is 102 cm³/mol. The minimum atomic E-state index is -0.485. The molecule has 8 heteroatoms. The Kier molecular flexibility index (Phi) is 4.26. The Balaban J connectivity index is 1.18. The maximum Gasteiger partial charge on any atom is 0.420 e. The van der Waals surface area contributed by atoms with E-state index in [1.165, 1.54) is 17.4 Å². The molecule has 146 valence electrons. The number of benzene rings is 1. The van der Waals surface area contributed by atoms with Gasteiger partial charge in [0.1, 0.15) is 12.4 Å². The molecular weight excluding hydrogens is 358 g/mol. The maximum absolute atomic E-state index is 12.7. The lowest BCUT2D eigenvalue weighted by Crippen LogP contribution is -2.41. The van der Waals surface area contributed by atoms with E-state index >= 15 is 0 Å². The Labute approximate surface area is 161 Å². The van der Waals surface area contributed by atoms with Gasteiger partial charge in [0, 0.05) is 25.4 Å². The van der Waals surface area contributed by atoms with Crippen molar-refractivity contribution in [2.24, 2.45) is 5.92 Å². The summed E-state index contributed by atoms with van der Waals surface area (Å²) in [5.41, 5.74) is 1.17. The van der Waals surface area contributed by atoms with Gasteiger partial charge in [0.25, 0.3) is 0 Å². The summed E-state index contributed by atoms with van der Waals surface area (Å²) >= 11 is 0. The normalized spacial score (nSPS) is 18.1. The molecule has 28 heavy (non-hydrogen) atoms. The monoisotopic (exact) mass is 381 g/mol. The molecule has 1 aliphatic carbocycles. The standard InChI is InChI=1S/C20H23N5O3/c26-18(12-25-15-3-1-2-4-16(15)28-20(25)27)24-9-7-13(8-10-24)11-17-21-19(23-22-17)14-5-6-14/h1-4,13-14H,5-12H2,(H,21,22,23). The van der Waals surface area contributed by atoms with Crippen LogP contribution in [-0.2, 0) is 17.8 Å². The third-order valence-corrected chi connectivity index (χ3v) is 5.81. The van der Waals surface area contributed by atoms with Gasteiger partial charge in [-0.2, -0.15) is 5.10 Å². The number of amides is 1. The molecule has 0 spiro atoms. The minimum absolute atomic E-state index is 0.0212. The lowest BCUT2D eigenvalue weighted by molar-refractivity contribution is -0.133. The Hall–Kier alpha value is -2.90. The Morgan fingerprint density at radius 3 is 2.75 bits per heavy atom. The molecule has 1 saturated carbocycles. The van der Waals surface area contributed by atoms with Gasteiger partial charge in [-0.05, 0) is 43.7 Å². The lowest BCUT2D eigenvalue weighted by Gasteiger charge is -2.31. The molecular formula is C20H23N5O3. The summed E-state index contributed by atoms with van der Waals surface area (Å²) in [6, 6.07) is 7.18. The van der Waals surface area contributed by atoms with Gasteiger partial charge in [0.05, 0.1) is 5.52 Å². The molecule has 0 atom stereocenters. The van der Waals surface area contributed by atoms with E-state index in [2.05, 4.69) is 15.2 Å². The van der Waals surface area contributed by atoms with Crippen molar-refractivity contribution in [1.82, 2.24) is 24.6 Å². The second kappa shape index (κ2) is 6.92. The molecule has 1 N–H and O–H groups in total. The van der Waals surface area contributed by atoms with Crippen LogP contribution in [0.25, 0.3) is 11.1 Å². The number of nitrogens with one attached hydrogen (secondary N) is 1. The molecule has 5 rings (SSSR count). The summed E-state index contributed by atoms with van der Waals surface area (Å²) in [6.45, 7) is 1.43. The maximum atomic E-state index is 12.7. The van der Waals surface area contributed by atoms with Crippen LogP contribution in [0.1, 0.15) is 43.3 Å².